The Morgan fingerprint density at radius 1 is 0.966 bits per heavy atom. The Morgan fingerprint density at radius 2 is 1.62 bits per heavy atom. The van der Waals surface area contributed by atoms with Crippen molar-refractivity contribution in [2.75, 3.05) is 19.4 Å². The van der Waals surface area contributed by atoms with Crippen LogP contribution in [0, 0.1) is 6.92 Å². The molecule has 10 heteroatoms. The standard InChI is InChI=1S/C19H19N5O4S/c1-12-13-8-4-6-10-15(13)21-18(20-12)22-19(26)23-29(27,28)16-11-7-5-9-14(16)17(25)24(2)3/h4-11H,1-3H3,(H2,20,21,22,23,26). The van der Waals surface area contributed by atoms with Crippen LogP contribution < -0.4 is 10.0 Å². The van der Waals surface area contributed by atoms with Crippen LogP contribution in [-0.2, 0) is 10.0 Å². The molecule has 0 spiro atoms. The maximum atomic E-state index is 12.7. The molecule has 2 N–H and O–H groups in total. The SMILES string of the molecule is Cc1nc(NC(=O)NS(=O)(=O)c2ccccc2C(=O)N(C)C)nc2ccccc12. The Hall–Kier alpha value is -3.53. The van der Waals surface area contributed by atoms with Gasteiger partial charge >= 0.3 is 6.03 Å². The van der Waals surface area contributed by atoms with Crippen molar-refractivity contribution in [1.29, 1.82) is 0 Å². The van der Waals surface area contributed by atoms with Crippen LogP contribution in [0.3, 0.4) is 0 Å². The van der Waals surface area contributed by atoms with Gasteiger partial charge in [0.2, 0.25) is 5.95 Å². The van der Waals surface area contributed by atoms with Crippen LogP contribution in [0.1, 0.15) is 16.1 Å². The highest BCUT2D eigenvalue weighted by molar-refractivity contribution is 7.90. The predicted octanol–water partition coefficient (Wildman–Crippen LogP) is 2.15. The smallest absolute Gasteiger partial charge is 0.335 e. The third kappa shape index (κ3) is 4.32. The molecule has 0 atom stereocenters. The summed E-state index contributed by atoms with van der Waals surface area (Å²) < 4.78 is 27.2. The third-order valence-corrected chi connectivity index (χ3v) is 5.45. The van der Waals surface area contributed by atoms with Gasteiger partial charge in [0.05, 0.1) is 16.8 Å². The number of carbonyl (C=O) groups is 2. The van der Waals surface area contributed by atoms with Crippen molar-refractivity contribution >= 4 is 38.8 Å². The molecule has 150 valence electrons. The first-order valence-electron chi connectivity index (χ1n) is 8.57. The lowest BCUT2D eigenvalue weighted by atomic mass is 10.2. The van der Waals surface area contributed by atoms with E-state index in [2.05, 4.69) is 15.3 Å². The lowest BCUT2D eigenvalue weighted by molar-refractivity contribution is 0.0824. The van der Waals surface area contributed by atoms with Crippen molar-refractivity contribution in [3.63, 3.8) is 0 Å². The Kier molecular flexibility index (Phi) is 5.46. The molecule has 0 bridgehead atoms. The zero-order valence-corrected chi connectivity index (χ0v) is 16.8. The minimum atomic E-state index is -4.31. The van der Waals surface area contributed by atoms with E-state index in [-0.39, 0.29) is 16.4 Å². The van der Waals surface area contributed by atoms with Crippen molar-refractivity contribution in [2.24, 2.45) is 0 Å². The molecule has 1 aromatic heterocycles. The average molecular weight is 413 g/mol. The topological polar surface area (TPSA) is 121 Å². The molecule has 0 aliphatic rings. The summed E-state index contributed by atoms with van der Waals surface area (Å²) in [6.45, 7) is 1.76. The summed E-state index contributed by atoms with van der Waals surface area (Å²) in [6.07, 6.45) is 0. The number of rotatable bonds is 4. The molecule has 3 aromatic rings. The van der Waals surface area contributed by atoms with Gasteiger partial charge in [-0.3, -0.25) is 10.1 Å². The fourth-order valence-corrected chi connectivity index (χ4v) is 3.82. The van der Waals surface area contributed by atoms with E-state index < -0.39 is 22.0 Å². The van der Waals surface area contributed by atoms with E-state index in [1.54, 1.807) is 25.1 Å². The molecule has 0 radical (unpaired) electrons. The maximum Gasteiger partial charge on any atom is 0.335 e. The lowest BCUT2D eigenvalue weighted by Gasteiger charge is -2.15. The lowest BCUT2D eigenvalue weighted by Crippen LogP contribution is -2.36. The van der Waals surface area contributed by atoms with Gasteiger partial charge in [-0.05, 0) is 25.1 Å². The minimum Gasteiger partial charge on any atom is -0.345 e. The van der Waals surface area contributed by atoms with Gasteiger partial charge in [-0.2, -0.15) is 0 Å². The van der Waals surface area contributed by atoms with Crippen molar-refractivity contribution in [1.82, 2.24) is 19.6 Å². The van der Waals surface area contributed by atoms with Gasteiger partial charge in [0, 0.05) is 19.5 Å². The van der Waals surface area contributed by atoms with E-state index in [4.69, 9.17) is 0 Å². The van der Waals surface area contributed by atoms with Crippen LogP contribution in [0.2, 0.25) is 0 Å². The van der Waals surface area contributed by atoms with Gasteiger partial charge in [0.1, 0.15) is 4.90 Å². The van der Waals surface area contributed by atoms with Crippen molar-refractivity contribution in [2.45, 2.75) is 11.8 Å². The molecule has 3 rings (SSSR count). The summed E-state index contributed by atoms with van der Waals surface area (Å²) in [6, 6.07) is 11.8. The first-order chi connectivity index (χ1) is 13.7. The number of benzene rings is 2. The van der Waals surface area contributed by atoms with Gasteiger partial charge in [-0.1, -0.05) is 30.3 Å². The second kappa shape index (κ2) is 7.84. The number of sulfonamides is 1. The summed E-state index contributed by atoms with van der Waals surface area (Å²) in [5, 5.41) is 3.15. The zero-order chi connectivity index (χ0) is 21.2. The van der Waals surface area contributed by atoms with E-state index in [9.17, 15) is 18.0 Å². The fourth-order valence-electron chi connectivity index (χ4n) is 2.71. The monoisotopic (exact) mass is 413 g/mol. The van der Waals surface area contributed by atoms with Crippen molar-refractivity contribution in [3.8, 4) is 0 Å². The van der Waals surface area contributed by atoms with E-state index in [1.165, 1.54) is 37.2 Å². The highest BCUT2D eigenvalue weighted by Crippen LogP contribution is 2.18. The van der Waals surface area contributed by atoms with E-state index in [0.717, 1.165) is 5.39 Å². The molecule has 0 saturated heterocycles. The minimum absolute atomic E-state index is 0.0356. The van der Waals surface area contributed by atoms with E-state index in [1.807, 2.05) is 16.9 Å². The van der Waals surface area contributed by atoms with Gasteiger partial charge in [-0.25, -0.2) is 27.9 Å². The highest BCUT2D eigenvalue weighted by Gasteiger charge is 2.25. The molecule has 2 aromatic carbocycles. The number of aryl methyl sites for hydroxylation is 1. The number of nitrogens with zero attached hydrogens (tertiary/aromatic N) is 3. The number of carbonyl (C=O) groups excluding carboxylic acids is 2. The number of urea groups is 1. The largest absolute Gasteiger partial charge is 0.345 e. The maximum absolute atomic E-state index is 12.7. The van der Waals surface area contributed by atoms with Crippen molar-refractivity contribution < 1.29 is 18.0 Å². The van der Waals surface area contributed by atoms with Crippen molar-refractivity contribution in [3.05, 3.63) is 59.8 Å². The first-order valence-corrected chi connectivity index (χ1v) is 10.1. The van der Waals surface area contributed by atoms with Crippen LogP contribution >= 0.6 is 0 Å². The third-order valence-electron chi connectivity index (χ3n) is 4.06. The molecular formula is C19H19N5O4S. The number of aromatic nitrogens is 2. The summed E-state index contributed by atoms with van der Waals surface area (Å²) in [5.41, 5.74) is 1.20. The second-order valence-corrected chi connectivity index (χ2v) is 8.06. The summed E-state index contributed by atoms with van der Waals surface area (Å²) in [7, 11) is -1.30. The van der Waals surface area contributed by atoms with Gasteiger partial charge < -0.3 is 4.90 Å². The number of anilines is 1. The number of nitrogens with one attached hydrogen (secondary N) is 2. The molecule has 3 amide bonds. The van der Waals surface area contributed by atoms with E-state index >= 15 is 0 Å². The number of hydrogen-bond acceptors (Lipinski definition) is 6. The van der Waals surface area contributed by atoms with Gasteiger partial charge in [0.25, 0.3) is 15.9 Å². The van der Waals surface area contributed by atoms with Crippen LogP contribution in [-0.4, -0.2) is 49.3 Å². The van der Waals surface area contributed by atoms with Crippen LogP contribution in [0.5, 0.6) is 0 Å². The quantitative estimate of drug-likeness (QED) is 0.676. The Labute approximate surface area is 167 Å². The number of fused-ring (bicyclic) bond motifs is 1. The predicted molar refractivity (Wildman–Crippen MR) is 108 cm³/mol. The molecular weight excluding hydrogens is 394 g/mol. The Balaban J connectivity index is 1.85. The number of amides is 3. The summed E-state index contributed by atoms with van der Waals surface area (Å²) in [4.78, 5) is 33.9. The molecule has 0 aliphatic heterocycles. The molecule has 0 unspecified atom stereocenters. The van der Waals surface area contributed by atoms with Gasteiger partial charge in [-0.15, -0.1) is 0 Å². The normalized spacial score (nSPS) is 11.1. The molecule has 0 saturated carbocycles. The zero-order valence-electron chi connectivity index (χ0n) is 16.0. The first kappa shape index (κ1) is 20.2. The van der Waals surface area contributed by atoms with Gasteiger partial charge in [0.15, 0.2) is 0 Å². The molecule has 0 aliphatic carbocycles. The number of para-hydroxylation sites is 1. The van der Waals surface area contributed by atoms with Crippen LogP contribution in [0.4, 0.5) is 10.7 Å². The van der Waals surface area contributed by atoms with Crippen LogP contribution in [0.15, 0.2) is 53.4 Å². The molecule has 1 heterocycles. The highest BCUT2D eigenvalue weighted by atomic mass is 32.2. The second-order valence-electron chi connectivity index (χ2n) is 6.41. The fraction of sp³-hybridized carbons (Fsp3) is 0.158. The summed E-state index contributed by atoms with van der Waals surface area (Å²) in [5.74, 6) is -0.536. The molecule has 9 nitrogen and oxygen atoms in total. The number of hydrogen-bond donors (Lipinski definition) is 2. The Morgan fingerprint density at radius 3 is 2.34 bits per heavy atom. The van der Waals surface area contributed by atoms with Crippen LogP contribution in [0.25, 0.3) is 10.9 Å². The Bertz CT molecular complexity index is 1210. The van der Waals surface area contributed by atoms with E-state index in [0.29, 0.717) is 11.2 Å². The average Bonchev–Trinajstić information content (AvgIpc) is 2.67. The summed E-state index contributed by atoms with van der Waals surface area (Å²) >= 11 is 0. The molecule has 0 fully saturated rings. The molecule has 29 heavy (non-hydrogen) atoms.